The molecule has 4 unspecified atom stereocenters. The van der Waals surface area contributed by atoms with Crippen LogP contribution in [0.5, 0.6) is 5.75 Å². The lowest BCUT2D eigenvalue weighted by Crippen LogP contribution is -2.46. The van der Waals surface area contributed by atoms with Crippen LogP contribution in [0.2, 0.25) is 0 Å². The first kappa shape index (κ1) is 29.8. The van der Waals surface area contributed by atoms with Crippen molar-refractivity contribution < 1.29 is 19.3 Å². The lowest BCUT2D eigenvalue weighted by atomic mass is 9.96. The van der Waals surface area contributed by atoms with Crippen LogP contribution in [0.25, 0.3) is 22.3 Å². The summed E-state index contributed by atoms with van der Waals surface area (Å²) in [4.78, 5) is 22.0. The lowest BCUT2D eigenvalue weighted by molar-refractivity contribution is -0.00570. The molecule has 43 heavy (non-hydrogen) atoms. The normalized spacial score (nSPS) is 25.0. The highest BCUT2D eigenvalue weighted by Crippen LogP contribution is 2.36. The topological polar surface area (TPSA) is 96.3 Å². The number of pyridine rings is 1. The molecule has 3 aliphatic rings. The van der Waals surface area contributed by atoms with Crippen molar-refractivity contribution in [1.82, 2.24) is 15.0 Å². The maximum absolute atomic E-state index is 10.8. The molecule has 1 aromatic carbocycles. The minimum Gasteiger partial charge on any atom is -0.495 e. The molecule has 232 valence electrons. The summed E-state index contributed by atoms with van der Waals surface area (Å²) >= 11 is 0. The number of anilines is 3. The number of morpholine rings is 2. The molecule has 1 N–H and O–H groups in total. The van der Waals surface area contributed by atoms with Crippen molar-refractivity contribution >= 4 is 28.5 Å². The molecular formula is C33H46N6O4. The van der Waals surface area contributed by atoms with Crippen LogP contribution < -0.4 is 19.4 Å². The fraction of sp³-hybridized carbons (Fsp3) is 0.606. The molecule has 2 aliphatic heterocycles. The van der Waals surface area contributed by atoms with Gasteiger partial charge in [-0.3, -0.25) is 0 Å². The number of aliphatic hydroxyl groups excluding tert-OH is 1. The molecule has 3 fully saturated rings. The predicted octanol–water partition coefficient (Wildman–Crippen LogP) is 4.53. The second-order valence-electron chi connectivity index (χ2n) is 12.4. The summed E-state index contributed by atoms with van der Waals surface area (Å²) in [5.74, 6) is 2.66. The third kappa shape index (κ3) is 6.66. The molecule has 0 radical (unpaired) electrons. The summed E-state index contributed by atoms with van der Waals surface area (Å²) in [6.45, 7) is 9.37. The van der Waals surface area contributed by atoms with Crippen molar-refractivity contribution in [1.29, 1.82) is 0 Å². The van der Waals surface area contributed by atoms with E-state index in [2.05, 4.69) is 59.9 Å². The van der Waals surface area contributed by atoms with Crippen molar-refractivity contribution in [2.24, 2.45) is 5.92 Å². The van der Waals surface area contributed by atoms with Gasteiger partial charge in [-0.05, 0) is 57.0 Å². The van der Waals surface area contributed by atoms with E-state index in [0.717, 1.165) is 85.9 Å². The Hall–Kier alpha value is -3.21. The second kappa shape index (κ2) is 13.2. The minimum atomic E-state index is -0.256. The SMILES string of the molecule is COc1ccc(-c2ccc3c(N4CCOCC4)nc(N4CC(C)OC(C)C4)nc3n2)cc1N(C)CC1CCCCCC1O. The fourth-order valence-corrected chi connectivity index (χ4v) is 6.82. The molecule has 0 spiro atoms. The number of aliphatic hydroxyl groups is 1. The number of methoxy groups -OCH3 is 1. The van der Waals surface area contributed by atoms with Gasteiger partial charge in [-0.2, -0.15) is 9.97 Å². The van der Waals surface area contributed by atoms with Gasteiger partial charge in [0.25, 0.3) is 0 Å². The maximum atomic E-state index is 10.8. The Kier molecular flexibility index (Phi) is 9.16. The Bertz CT molecular complexity index is 1390. The minimum absolute atomic E-state index is 0.1000. The molecule has 6 rings (SSSR count). The smallest absolute Gasteiger partial charge is 0.229 e. The van der Waals surface area contributed by atoms with Crippen LogP contribution >= 0.6 is 0 Å². The van der Waals surface area contributed by atoms with Gasteiger partial charge in [0.2, 0.25) is 5.95 Å². The fourth-order valence-electron chi connectivity index (χ4n) is 6.82. The number of nitrogens with zero attached hydrogens (tertiary/aromatic N) is 6. The number of hydrogen-bond donors (Lipinski definition) is 1. The summed E-state index contributed by atoms with van der Waals surface area (Å²) in [7, 11) is 3.80. The van der Waals surface area contributed by atoms with Gasteiger partial charge in [-0.15, -0.1) is 0 Å². The molecule has 0 bridgehead atoms. The number of fused-ring (bicyclic) bond motifs is 1. The van der Waals surface area contributed by atoms with Gasteiger partial charge in [0.15, 0.2) is 5.65 Å². The highest BCUT2D eigenvalue weighted by Gasteiger charge is 2.27. The first-order valence-corrected chi connectivity index (χ1v) is 15.9. The average molecular weight is 591 g/mol. The van der Waals surface area contributed by atoms with Crippen molar-refractivity contribution in [3.63, 3.8) is 0 Å². The van der Waals surface area contributed by atoms with Gasteiger partial charge in [-0.1, -0.05) is 19.3 Å². The lowest BCUT2D eigenvalue weighted by Gasteiger charge is -2.36. The average Bonchev–Trinajstić information content (AvgIpc) is 3.23. The van der Waals surface area contributed by atoms with Crippen LogP contribution in [0.4, 0.5) is 17.5 Å². The van der Waals surface area contributed by atoms with E-state index in [1.165, 1.54) is 12.8 Å². The molecular weight excluding hydrogens is 544 g/mol. The molecule has 1 aliphatic carbocycles. The van der Waals surface area contributed by atoms with E-state index in [4.69, 9.17) is 29.2 Å². The van der Waals surface area contributed by atoms with Crippen LogP contribution in [0.3, 0.4) is 0 Å². The molecule has 4 atom stereocenters. The molecule has 1 saturated carbocycles. The molecule has 2 aromatic heterocycles. The third-order valence-electron chi connectivity index (χ3n) is 9.05. The van der Waals surface area contributed by atoms with E-state index in [9.17, 15) is 5.11 Å². The summed E-state index contributed by atoms with van der Waals surface area (Å²) < 4.78 is 17.4. The van der Waals surface area contributed by atoms with Gasteiger partial charge in [-0.25, -0.2) is 4.98 Å². The van der Waals surface area contributed by atoms with Crippen molar-refractivity contribution in [2.75, 3.05) is 74.8 Å². The van der Waals surface area contributed by atoms with Crippen LogP contribution in [0, 0.1) is 5.92 Å². The molecule has 3 aromatic rings. The van der Waals surface area contributed by atoms with Gasteiger partial charge in [0.05, 0.1) is 55.4 Å². The number of hydrogen-bond acceptors (Lipinski definition) is 10. The van der Waals surface area contributed by atoms with E-state index >= 15 is 0 Å². The number of aromatic nitrogens is 3. The molecule has 0 amide bonds. The third-order valence-corrected chi connectivity index (χ3v) is 9.05. The van der Waals surface area contributed by atoms with Crippen LogP contribution in [0.1, 0.15) is 46.0 Å². The standard InChI is InChI=1S/C33H46N6O4/c1-22-19-39(20-23(2)43-22)33-35-31-26(32(36-33)38-14-16-42-17-15-38)11-12-27(34-31)24-10-13-30(41-4)28(18-24)37(3)21-25-8-6-5-7-9-29(25)40/h10-13,18,22-23,25,29,40H,5-9,14-17,19-21H2,1-4H3. The quantitative estimate of drug-likeness (QED) is 0.396. The van der Waals surface area contributed by atoms with Crippen LogP contribution in [-0.4, -0.2) is 98.5 Å². The molecule has 4 heterocycles. The summed E-state index contributed by atoms with van der Waals surface area (Å²) in [6.07, 6.45) is 5.36. The molecule has 10 heteroatoms. The summed E-state index contributed by atoms with van der Waals surface area (Å²) in [5, 5.41) is 11.7. The Morgan fingerprint density at radius 1 is 0.953 bits per heavy atom. The van der Waals surface area contributed by atoms with Gasteiger partial charge in [0, 0.05) is 51.3 Å². The molecule has 10 nitrogen and oxygen atoms in total. The van der Waals surface area contributed by atoms with E-state index in [1.807, 2.05) is 6.07 Å². The number of rotatable bonds is 7. The van der Waals surface area contributed by atoms with Crippen molar-refractivity contribution in [3.8, 4) is 17.0 Å². The Morgan fingerprint density at radius 3 is 2.49 bits per heavy atom. The van der Waals surface area contributed by atoms with E-state index in [-0.39, 0.29) is 24.2 Å². The zero-order valence-corrected chi connectivity index (χ0v) is 26.0. The Labute approximate surface area is 255 Å². The second-order valence-corrected chi connectivity index (χ2v) is 12.4. The zero-order chi connectivity index (χ0) is 29.9. The van der Waals surface area contributed by atoms with E-state index in [0.29, 0.717) is 24.8 Å². The van der Waals surface area contributed by atoms with Gasteiger partial charge < -0.3 is 34.0 Å². The Balaban J connectivity index is 1.36. The monoisotopic (exact) mass is 590 g/mol. The van der Waals surface area contributed by atoms with Crippen molar-refractivity contribution in [2.45, 2.75) is 64.3 Å². The first-order chi connectivity index (χ1) is 20.9. The summed E-state index contributed by atoms with van der Waals surface area (Å²) in [6, 6.07) is 10.4. The largest absolute Gasteiger partial charge is 0.495 e. The zero-order valence-electron chi connectivity index (χ0n) is 26.0. The highest BCUT2D eigenvalue weighted by atomic mass is 16.5. The van der Waals surface area contributed by atoms with E-state index in [1.54, 1.807) is 7.11 Å². The number of ether oxygens (including phenoxy) is 3. The highest BCUT2D eigenvalue weighted by molar-refractivity contribution is 5.90. The molecule has 2 saturated heterocycles. The maximum Gasteiger partial charge on any atom is 0.229 e. The Morgan fingerprint density at radius 2 is 1.72 bits per heavy atom. The van der Waals surface area contributed by atoms with Gasteiger partial charge >= 0.3 is 0 Å². The predicted molar refractivity (Wildman–Crippen MR) is 170 cm³/mol. The van der Waals surface area contributed by atoms with Crippen LogP contribution in [-0.2, 0) is 9.47 Å². The van der Waals surface area contributed by atoms with Gasteiger partial charge in [0.1, 0.15) is 11.6 Å². The van der Waals surface area contributed by atoms with Crippen LogP contribution in [0.15, 0.2) is 30.3 Å². The van der Waals surface area contributed by atoms with E-state index < -0.39 is 0 Å². The summed E-state index contributed by atoms with van der Waals surface area (Å²) in [5.41, 5.74) is 3.52. The van der Waals surface area contributed by atoms with Crippen molar-refractivity contribution in [3.05, 3.63) is 30.3 Å². The first-order valence-electron chi connectivity index (χ1n) is 15.9. The number of benzene rings is 1.